The number of carbonyl (C=O) groups excluding carboxylic acids is 1. The molecule has 2 heterocycles. The molecule has 0 unspecified atom stereocenters. The van der Waals surface area contributed by atoms with Gasteiger partial charge in [0.15, 0.2) is 0 Å². The number of nitrogens with zero attached hydrogens (tertiary/aromatic N) is 1. The highest BCUT2D eigenvalue weighted by Crippen LogP contribution is 2.36. The van der Waals surface area contributed by atoms with E-state index in [9.17, 15) is 4.79 Å². The van der Waals surface area contributed by atoms with Crippen LogP contribution < -0.4 is 5.48 Å². The predicted octanol–water partition coefficient (Wildman–Crippen LogP) is 2.07. The largest absolute Gasteiger partial charge is 0.492 e. The van der Waals surface area contributed by atoms with Crippen LogP contribution >= 0.6 is 0 Å². The summed E-state index contributed by atoms with van der Waals surface area (Å²) in [6, 6.07) is 8.93. The number of rotatable bonds is 3. The predicted molar refractivity (Wildman–Crippen MR) is 78.2 cm³/mol. The lowest BCUT2D eigenvalue weighted by Gasteiger charge is -2.36. The molecule has 1 saturated heterocycles. The van der Waals surface area contributed by atoms with Crippen LogP contribution in [0.2, 0.25) is 0 Å². The summed E-state index contributed by atoms with van der Waals surface area (Å²) in [5.41, 5.74) is 3.97. The molecule has 0 radical (unpaired) electrons. The summed E-state index contributed by atoms with van der Waals surface area (Å²) >= 11 is 0. The van der Waals surface area contributed by atoms with Crippen LogP contribution in [0, 0.1) is 0 Å². The van der Waals surface area contributed by atoms with E-state index in [1.165, 1.54) is 0 Å². The van der Waals surface area contributed by atoms with Gasteiger partial charge in [-0.2, -0.15) is 0 Å². The second-order valence-electron chi connectivity index (χ2n) is 5.78. The van der Waals surface area contributed by atoms with E-state index in [4.69, 9.17) is 9.57 Å². The van der Waals surface area contributed by atoms with Crippen LogP contribution in [0.5, 0.6) is 0 Å². The molecule has 5 heteroatoms. The Kier molecular flexibility index (Phi) is 3.84. The summed E-state index contributed by atoms with van der Waals surface area (Å²) in [7, 11) is 2.12. The maximum absolute atomic E-state index is 11.9. The first kappa shape index (κ1) is 13.9. The van der Waals surface area contributed by atoms with Gasteiger partial charge in [-0.1, -0.05) is 18.2 Å². The molecule has 112 valence electrons. The lowest BCUT2D eigenvalue weighted by Crippen LogP contribution is -2.42. The van der Waals surface area contributed by atoms with Gasteiger partial charge in [-0.3, -0.25) is 0 Å². The van der Waals surface area contributed by atoms with Gasteiger partial charge in [0, 0.05) is 32.4 Å². The zero-order valence-corrected chi connectivity index (χ0v) is 12.2. The van der Waals surface area contributed by atoms with E-state index in [1.54, 1.807) is 18.4 Å². The minimum Gasteiger partial charge on any atom is -0.492 e. The van der Waals surface area contributed by atoms with Crippen LogP contribution in [0.4, 0.5) is 0 Å². The molecule has 0 atom stereocenters. The first-order chi connectivity index (χ1) is 10.2. The lowest BCUT2D eigenvalue weighted by molar-refractivity contribution is -0.0113. The normalized spacial score (nSPS) is 20.7. The van der Waals surface area contributed by atoms with Crippen molar-refractivity contribution in [3.8, 4) is 0 Å². The maximum Gasteiger partial charge on any atom is 0.362 e. The van der Waals surface area contributed by atoms with Crippen LogP contribution in [-0.4, -0.2) is 36.6 Å². The molecule has 1 N–H and O–H groups in total. The summed E-state index contributed by atoms with van der Waals surface area (Å²) in [6.45, 7) is 2.07. The zero-order chi connectivity index (χ0) is 14.7. The fraction of sp³-hybridized carbons (Fsp3) is 0.438. The fourth-order valence-electron chi connectivity index (χ4n) is 2.75. The average molecular weight is 288 g/mol. The Morgan fingerprint density at radius 3 is 2.71 bits per heavy atom. The van der Waals surface area contributed by atoms with Crippen LogP contribution in [0.3, 0.4) is 0 Å². The van der Waals surface area contributed by atoms with E-state index >= 15 is 0 Å². The van der Waals surface area contributed by atoms with E-state index in [1.807, 2.05) is 18.2 Å². The van der Waals surface area contributed by atoms with Crippen LogP contribution in [-0.2, 0) is 9.57 Å². The summed E-state index contributed by atoms with van der Waals surface area (Å²) in [6.07, 6.45) is 4.45. The molecule has 1 fully saturated rings. The highest BCUT2D eigenvalue weighted by molar-refractivity contribution is 5.89. The van der Waals surface area contributed by atoms with Crippen molar-refractivity contribution >= 4 is 5.97 Å². The van der Waals surface area contributed by atoms with Crippen molar-refractivity contribution in [2.24, 2.45) is 0 Å². The first-order valence-corrected chi connectivity index (χ1v) is 7.25. The summed E-state index contributed by atoms with van der Waals surface area (Å²) < 4.78 is 5.84. The Hall–Kier alpha value is -2.01. The summed E-state index contributed by atoms with van der Waals surface area (Å²) in [4.78, 5) is 19.3. The Morgan fingerprint density at radius 1 is 1.29 bits per heavy atom. The lowest BCUT2D eigenvalue weighted by atomic mass is 9.88. The number of piperidine rings is 1. The van der Waals surface area contributed by atoms with Gasteiger partial charge in [0.2, 0.25) is 0 Å². The molecule has 2 aliphatic heterocycles. The SMILES string of the molecule is CN1CCC2(CC1)CC(NOC(=O)c1ccccc1)=CO2. The highest BCUT2D eigenvalue weighted by Gasteiger charge is 2.39. The number of carbonyl (C=O) groups is 1. The third-order valence-corrected chi connectivity index (χ3v) is 4.15. The molecule has 1 aromatic rings. The van der Waals surface area contributed by atoms with Gasteiger partial charge in [0.1, 0.15) is 11.9 Å². The van der Waals surface area contributed by atoms with Crippen molar-refractivity contribution in [1.82, 2.24) is 10.4 Å². The number of ether oxygens (including phenoxy) is 1. The Bertz CT molecular complexity index is 534. The van der Waals surface area contributed by atoms with Crippen LogP contribution in [0.15, 0.2) is 42.3 Å². The maximum atomic E-state index is 11.9. The standard InChI is InChI=1S/C16H20N2O3/c1-18-9-7-16(8-10-18)11-14(12-20-16)17-21-15(19)13-5-3-2-4-6-13/h2-6,12,17H,7-11H2,1H3. The monoisotopic (exact) mass is 288 g/mol. The van der Waals surface area contributed by atoms with Gasteiger partial charge in [-0.05, 0) is 19.2 Å². The van der Waals surface area contributed by atoms with Crippen LogP contribution in [0.1, 0.15) is 29.6 Å². The summed E-state index contributed by atoms with van der Waals surface area (Å²) in [5, 5.41) is 0. The number of likely N-dealkylation sites (tertiary alicyclic amines) is 1. The molecule has 0 aliphatic carbocycles. The molecule has 1 aromatic carbocycles. The van der Waals surface area contributed by atoms with E-state index in [2.05, 4.69) is 17.4 Å². The van der Waals surface area contributed by atoms with Gasteiger partial charge in [-0.25, -0.2) is 10.3 Å². The molecule has 0 bridgehead atoms. The average Bonchev–Trinajstić information content (AvgIpc) is 2.92. The van der Waals surface area contributed by atoms with Gasteiger partial charge in [0.05, 0.1) is 11.3 Å². The molecule has 5 nitrogen and oxygen atoms in total. The third kappa shape index (κ3) is 3.19. The molecule has 1 spiro atoms. The quantitative estimate of drug-likeness (QED) is 0.863. The van der Waals surface area contributed by atoms with Crippen molar-refractivity contribution in [2.45, 2.75) is 24.9 Å². The number of hydrogen-bond acceptors (Lipinski definition) is 5. The minimum atomic E-state index is -0.388. The van der Waals surface area contributed by atoms with E-state index in [0.29, 0.717) is 5.56 Å². The molecule has 2 aliphatic rings. The zero-order valence-electron chi connectivity index (χ0n) is 12.2. The molecule has 0 saturated carbocycles. The second kappa shape index (κ2) is 5.77. The van der Waals surface area contributed by atoms with Gasteiger partial charge in [-0.15, -0.1) is 0 Å². The number of hydrogen-bond donors (Lipinski definition) is 1. The van der Waals surface area contributed by atoms with Gasteiger partial charge >= 0.3 is 5.97 Å². The Balaban J connectivity index is 1.50. The van der Waals surface area contributed by atoms with E-state index in [-0.39, 0.29) is 11.6 Å². The summed E-state index contributed by atoms with van der Waals surface area (Å²) in [5.74, 6) is -0.388. The van der Waals surface area contributed by atoms with E-state index in [0.717, 1.165) is 38.0 Å². The van der Waals surface area contributed by atoms with Gasteiger partial charge in [0.25, 0.3) is 0 Å². The highest BCUT2D eigenvalue weighted by atomic mass is 16.7. The van der Waals surface area contributed by atoms with Crippen molar-refractivity contribution in [3.05, 3.63) is 47.9 Å². The minimum absolute atomic E-state index is 0.117. The van der Waals surface area contributed by atoms with Crippen molar-refractivity contribution < 1.29 is 14.4 Å². The van der Waals surface area contributed by atoms with Gasteiger partial charge < -0.3 is 14.5 Å². The second-order valence-corrected chi connectivity index (χ2v) is 5.78. The molecular weight excluding hydrogens is 268 g/mol. The third-order valence-electron chi connectivity index (χ3n) is 4.15. The Morgan fingerprint density at radius 2 is 2.00 bits per heavy atom. The molecule has 3 rings (SSSR count). The Labute approximate surface area is 124 Å². The molecule has 0 aromatic heterocycles. The van der Waals surface area contributed by atoms with Crippen LogP contribution in [0.25, 0.3) is 0 Å². The molecule has 0 amide bonds. The van der Waals surface area contributed by atoms with Crippen molar-refractivity contribution in [3.63, 3.8) is 0 Å². The van der Waals surface area contributed by atoms with E-state index < -0.39 is 0 Å². The molecular formula is C16H20N2O3. The first-order valence-electron chi connectivity index (χ1n) is 7.25. The topological polar surface area (TPSA) is 50.8 Å². The smallest absolute Gasteiger partial charge is 0.362 e. The number of hydroxylamine groups is 1. The fourth-order valence-corrected chi connectivity index (χ4v) is 2.75. The van der Waals surface area contributed by atoms with Crippen molar-refractivity contribution in [2.75, 3.05) is 20.1 Å². The number of nitrogens with one attached hydrogen (secondary N) is 1. The van der Waals surface area contributed by atoms with Crippen molar-refractivity contribution in [1.29, 1.82) is 0 Å². The molecule has 21 heavy (non-hydrogen) atoms. The number of benzene rings is 1.